The second kappa shape index (κ2) is 8.17. The largest absolute Gasteiger partial charge is 0.480 e. The molecule has 1 unspecified atom stereocenters. The number of carboxylic acids is 1. The molecular weight excluding hydrogens is 289 g/mol. The lowest BCUT2D eigenvalue weighted by atomic mass is 9.90. The van der Waals surface area contributed by atoms with Crippen LogP contribution in [0, 0.1) is 11.7 Å². The average molecular weight is 313 g/mol. The van der Waals surface area contributed by atoms with Crippen LogP contribution in [0.3, 0.4) is 0 Å². The molecule has 0 saturated carbocycles. The van der Waals surface area contributed by atoms with Crippen LogP contribution in [-0.2, 0) is 11.3 Å². The van der Waals surface area contributed by atoms with Crippen LogP contribution in [0.4, 0.5) is 4.39 Å². The van der Waals surface area contributed by atoms with Crippen molar-refractivity contribution in [3.05, 3.63) is 29.8 Å². The highest BCUT2D eigenvalue weighted by molar-refractivity contribution is 5.74. The van der Waals surface area contributed by atoms with Gasteiger partial charge in [0.25, 0.3) is 0 Å². The predicted molar refractivity (Wildman–Crippen MR) is 80.8 cm³/mol. The maximum Gasteiger partial charge on any atom is 0.321 e. The summed E-state index contributed by atoms with van der Waals surface area (Å²) in [4.78, 5) is 17.1. The van der Waals surface area contributed by atoms with Gasteiger partial charge in [0.2, 0.25) is 0 Å². The van der Waals surface area contributed by atoms with E-state index in [9.17, 15) is 19.4 Å². The number of aromatic nitrogens is 1. The van der Waals surface area contributed by atoms with E-state index < -0.39 is 29.9 Å². The summed E-state index contributed by atoms with van der Waals surface area (Å²) < 4.78 is 12.9. The summed E-state index contributed by atoms with van der Waals surface area (Å²) in [6.07, 6.45) is 0.287. The summed E-state index contributed by atoms with van der Waals surface area (Å²) in [5.41, 5.74) is 0.568. The molecule has 0 spiro atoms. The molecule has 1 heterocycles. The molecule has 1 rings (SSSR count). The Balaban J connectivity index is 2.85. The van der Waals surface area contributed by atoms with E-state index in [1.165, 1.54) is 12.1 Å². The Labute approximate surface area is 130 Å². The Kier molecular flexibility index (Phi) is 6.86. The van der Waals surface area contributed by atoms with Crippen LogP contribution in [0.5, 0.6) is 0 Å². The average Bonchev–Trinajstić information content (AvgIpc) is 2.47. The maximum absolute atomic E-state index is 12.9. The number of hydrogen-bond acceptors (Lipinski definition) is 5. The van der Waals surface area contributed by atoms with Crippen molar-refractivity contribution < 1.29 is 19.4 Å². The second-order valence-corrected chi connectivity index (χ2v) is 5.59. The van der Waals surface area contributed by atoms with Gasteiger partial charge in [0.1, 0.15) is 11.9 Å². The van der Waals surface area contributed by atoms with E-state index in [0.717, 1.165) is 6.20 Å². The summed E-state index contributed by atoms with van der Waals surface area (Å²) in [5, 5.41) is 22.6. The lowest BCUT2D eigenvalue weighted by Gasteiger charge is -2.34. The quantitative estimate of drug-likeness (QED) is 0.655. The SMILES string of the molecule is CN[C@@H](C)[C@H](O)[C@H](C)C(C(=O)O)N(C)Cc1ccc(F)cn1. The zero-order chi connectivity index (χ0) is 16.9. The van der Waals surface area contributed by atoms with Gasteiger partial charge in [-0.05, 0) is 33.2 Å². The Hall–Kier alpha value is -1.57. The summed E-state index contributed by atoms with van der Waals surface area (Å²) >= 11 is 0. The van der Waals surface area contributed by atoms with E-state index in [2.05, 4.69) is 10.3 Å². The maximum atomic E-state index is 12.9. The van der Waals surface area contributed by atoms with Crippen LogP contribution >= 0.6 is 0 Å². The predicted octanol–water partition coefficient (Wildman–Crippen LogP) is 0.711. The van der Waals surface area contributed by atoms with E-state index >= 15 is 0 Å². The van der Waals surface area contributed by atoms with Crippen molar-refractivity contribution >= 4 is 5.97 Å². The number of carboxylic acid groups (broad SMARTS) is 1. The fourth-order valence-electron chi connectivity index (χ4n) is 2.48. The minimum absolute atomic E-state index is 0.228. The molecule has 3 N–H and O–H groups in total. The van der Waals surface area contributed by atoms with Gasteiger partial charge in [-0.25, -0.2) is 4.39 Å². The lowest BCUT2D eigenvalue weighted by molar-refractivity contribution is -0.147. The minimum Gasteiger partial charge on any atom is -0.480 e. The number of hydrogen-bond donors (Lipinski definition) is 3. The van der Waals surface area contributed by atoms with Gasteiger partial charge in [-0.15, -0.1) is 0 Å². The molecule has 6 nitrogen and oxygen atoms in total. The number of aliphatic hydroxyl groups is 1. The topological polar surface area (TPSA) is 85.7 Å². The molecule has 0 aliphatic heterocycles. The number of rotatable bonds is 8. The molecule has 0 aliphatic carbocycles. The third kappa shape index (κ3) is 4.72. The Bertz CT molecular complexity index is 483. The first-order valence-corrected chi connectivity index (χ1v) is 7.16. The van der Waals surface area contributed by atoms with Crippen molar-refractivity contribution in [2.75, 3.05) is 14.1 Å². The van der Waals surface area contributed by atoms with E-state index in [0.29, 0.717) is 5.69 Å². The highest BCUT2D eigenvalue weighted by Crippen LogP contribution is 2.18. The van der Waals surface area contributed by atoms with Crippen LogP contribution in [0.1, 0.15) is 19.5 Å². The molecular formula is C15H24FN3O3. The normalized spacial score (nSPS) is 17.0. The third-order valence-corrected chi connectivity index (χ3v) is 3.93. The van der Waals surface area contributed by atoms with Gasteiger partial charge in [0.05, 0.1) is 18.0 Å². The molecule has 7 heteroatoms. The number of aliphatic hydroxyl groups excluding tert-OH is 1. The second-order valence-electron chi connectivity index (χ2n) is 5.59. The fraction of sp³-hybridized carbons (Fsp3) is 0.600. The highest BCUT2D eigenvalue weighted by Gasteiger charge is 2.35. The zero-order valence-electron chi connectivity index (χ0n) is 13.3. The van der Waals surface area contributed by atoms with Crippen molar-refractivity contribution in [3.63, 3.8) is 0 Å². The molecule has 1 aromatic rings. The fourth-order valence-corrected chi connectivity index (χ4v) is 2.48. The van der Waals surface area contributed by atoms with Crippen molar-refractivity contribution in [3.8, 4) is 0 Å². The number of nitrogens with zero attached hydrogens (tertiary/aromatic N) is 2. The smallest absolute Gasteiger partial charge is 0.321 e. The molecule has 22 heavy (non-hydrogen) atoms. The van der Waals surface area contributed by atoms with E-state index in [1.54, 1.807) is 32.8 Å². The number of carbonyl (C=O) groups is 1. The Morgan fingerprint density at radius 2 is 2.09 bits per heavy atom. The summed E-state index contributed by atoms with van der Waals surface area (Å²) in [7, 11) is 3.36. The molecule has 0 aromatic carbocycles. The number of aliphatic carboxylic acids is 1. The minimum atomic E-state index is -1.01. The summed E-state index contributed by atoms with van der Waals surface area (Å²) in [5.74, 6) is -1.95. The molecule has 0 saturated heterocycles. The first-order chi connectivity index (χ1) is 10.3. The molecule has 0 amide bonds. The van der Waals surface area contributed by atoms with Gasteiger partial charge in [0.15, 0.2) is 0 Å². The van der Waals surface area contributed by atoms with Crippen LogP contribution in [0.15, 0.2) is 18.3 Å². The molecule has 0 aliphatic rings. The molecule has 0 radical (unpaired) electrons. The third-order valence-electron chi connectivity index (χ3n) is 3.93. The Morgan fingerprint density at radius 1 is 1.45 bits per heavy atom. The number of nitrogens with one attached hydrogen (secondary N) is 1. The van der Waals surface area contributed by atoms with Crippen molar-refractivity contribution in [2.24, 2.45) is 5.92 Å². The van der Waals surface area contributed by atoms with Crippen molar-refractivity contribution in [1.82, 2.24) is 15.2 Å². The molecule has 124 valence electrons. The first kappa shape index (κ1) is 18.5. The number of likely N-dealkylation sites (N-methyl/N-ethyl adjacent to an activating group) is 2. The van der Waals surface area contributed by atoms with Crippen LogP contribution in [-0.4, -0.2) is 58.3 Å². The summed E-state index contributed by atoms with van der Waals surface area (Å²) in [6, 6.07) is 1.70. The monoisotopic (exact) mass is 313 g/mol. The molecule has 0 bridgehead atoms. The number of halogens is 1. The van der Waals surface area contributed by atoms with E-state index in [-0.39, 0.29) is 12.6 Å². The first-order valence-electron chi connectivity index (χ1n) is 7.16. The lowest BCUT2D eigenvalue weighted by Crippen LogP contribution is -2.51. The zero-order valence-corrected chi connectivity index (χ0v) is 13.3. The molecule has 1 aromatic heterocycles. The summed E-state index contributed by atoms with van der Waals surface area (Å²) in [6.45, 7) is 3.75. The Morgan fingerprint density at radius 3 is 2.55 bits per heavy atom. The van der Waals surface area contributed by atoms with Crippen LogP contribution < -0.4 is 5.32 Å². The van der Waals surface area contributed by atoms with Crippen LogP contribution in [0.25, 0.3) is 0 Å². The van der Waals surface area contributed by atoms with Crippen molar-refractivity contribution in [1.29, 1.82) is 0 Å². The van der Waals surface area contributed by atoms with Gasteiger partial charge < -0.3 is 15.5 Å². The molecule has 0 fully saturated rings. The van der Waals surface area contributed by atoms with Gasteiger partial charge in [0, 0.05) is 18.5 Å². The van der Waals surface area contributed by atoms with Gasteiger partial charge in [-0.2, -0.15) is 0 Å². The number of pyridine rings is 1. The molecule has 4 atom stereocenters. The van der Waals surface area contributed by atoms with Gasteiger partial charge in [-0.1, -0.05) is 6.92 Å². The van der Waals surface area contributed by atoms with E-state index in [4.69, 9.17) is 0 Å². The highest BCUT2D eigenvalue weighted by atomic mass is 19.1. The van der Waals surface area contributed by atoms with Crippen LogP contribution in [0.2, 0.25) is 0 Å². The standard InChI is InChI=1S/C15H24FN3O3/c1-9(14(20)10(2)17-3)13(15(21)22)19(4)8-12-6-5-11(16)7-18-12/h5-7,9-10,13-14,17,20H,8H2,1-4H3,(H,21,22)/t9-,10+,13?,14-/m1/s1. The van der Waals surface area contributed by atoms with Crippen molar-refractivity contribution in [2.45, 2.75) is 38.6 Å². The van der Waals surface area contributed by atoms with Gasteiger partial charge >= 0.3 is 5.97 Å². The van der Waals surface area contributed by atoms with E-state index in [1.807, 2.05) is 0 Å². The van der Waals surface area contributed by atoms with Gasteiger partial charge in [-0.3, -0.25) is 14.7 Å².